The van der Waals surface area contributed by atoms with E-state index < -0.39 is 0 Å². The molecule has 0 bridgehead atoms. The van der Waals surface area contributed by atoms with E-state index in [1.165, 1.54) is 77.3 Å². The van der Waals surface area contributed by atoms with Crippen LogP contribution < -0.4 is 0 Å². The van der Waals surface area contributed by atoms with Crippen molar-refractivity contribution in [2.75, 3.05) is 13.1 Å². The Bertz CT molecular complexity index is 208. The molecule has 1 rings (SSSR count). The molecule has 0 unspecified atom stereocenters. The lowest BCUT2D eigenvalue weighted by Crippen LogP contribution is -2.20. The molecule has 0 aromatic rings. The standard InChI is InChI=1S/C16H31N/c1-3-5-6-7-8-9-10-11-14-17-15-12-13-16(17)4-2/h13H,3-12,14-15H2,1-2H3. The summed E-state index contributed by atoms with van der Waals surface area (Å²) in [7, 11) is 0. The van der Waals surface area contributed by atoms with Crippen LogP contribution in [0.3, 0.4) is 0 Å². The first-order valence-corrected chi connectivity index (χ1v) is 7.82. The van der Waals surface area contributed by atoms with Crippen molar-refractivity contribution in [3.8, 4) is 0 Å². The molecule has 0 saturated carbocycles. The Morgan fingerprint density at radius 3 is 2.24 bits per heavy atom. The van der Waals surface area contributed by atoms with Gasteiger partial charge in [-0.3, -0.25) is 0 Å². The summed E-state index contributed by atoms with van der Waals surface area (Å²) in [6.45, 7) is 7.14. The minimum Gasteiger partial charge on any atom is -0.375 e. The number of allylic oxidation sites excluding steroid dienone is 1. The highest BCUT2D eigenvalue weighted by Crippen LogP contribution is 2.18. The number of hydrogen-bond donors (Lipinski definition) is 0. The molecule has 0 aliphatic carbocycles. The van der Waals surface area contributed by atoms with Gasteiger partial charge in [-0.25, -0.2) is 0 Å². The van der Waals surface area contributed by atoms with Gasteiger partial charge in [-0.1, -0.05) is 64.9 Å². The summed E-state index contributed by atoms with van der Waals surface area (Å²) in [6, 6.07) is 0. The molecule has 0 N–H and O–H groups in total. The molecule has 1 nitrogen and oxygen atoms in total. The molecule has 0 amide bonds. The van der Waals surface area contributed by atoms with Crippen molar-refractivity contribution < 1.29 is 0 Å². The number of nitrogens with zero attached hydrogens (tertiary/aromatic N) is 1. The first kappa shape index (κ1) is 14.6. The summed E-state index contributed by atoms with van der Waals surface area (Å²) in [5.74, 6) is 0. The van der Waals surface area contributed by atoms with Crippen molar-refractivity contribution in [3.05, 3.63) is 11.8 Å². The molecule has 1 aliphatic rings. The number of unbranched alkanes of at least 4 members (excludes halogenated alkanes) is 7. The van der Waals surface area contributed by atoms with Gasteiger partial charge in [0.2, 0.25) is 0 Å². The Morgan fingerprint density at radius 1 is 0.941 bits per heavy atom. The average Bonchev–Trinajstić information content (AvgIpc) is 2.80. The van der Waals surface area contributed by atoms with Gasteiger partial charge in [-0.05, 0) is 19.3 Å². The molecule has 0 atom stereocenters. The predicted molar refractivity (Wildman–Crippen MR) is 77.2 cm³/mol. The third-order valence-corrected chi connectivity index (χ3v) is 3.83. The second-order valence-electron chi connectivity index (χ2n) is 5.30. The number of hydrogen-bond acceptors (Lipinski definition) is 1. The topological polar surface area (TPSA) is 3.24 Å². The lowest BCUT2D eigenvalue weighted by molar-refractivity contribution is 0.353. The molecule has 0 aromatic carbocycles. The molecule has 17 heavy (non-hydrogen) atoms. The first-order valence-electron chi connectivity index (χ1n) is 7.82. The maximum atomic E-state index is 2.59. The molecule has 1 heterocycles. The van der Waals surface area contributed by atoms with Gasteiger partial charge in [0.05, 0.1) is 0 Å². The third kappa shape index (κ3) is 6.14. The van der Waals surface area contributed by atoms with Crippen LogP contribution in [0.15, 0.2) is 11.8 Å². The van der Waals surface area contributed by atoms with E-state index in [4.69, 9.17) is 0 Å². The van der Waals surface area contributed by atoms with Crippen LogP contribution in [0.25, 0.3) is 0 Å². The molecule has 1 aliphatic heterocycles. The van der Waals surface area contributed by atoms with Crippen molar-refractivity contribution in [2.45, 2.75) is 78.1 Å². The summed E-state index contributed by atoms with van der Waals surface area (Å²) < 4.78 is 0. The Hall–Kier alpha value is -0.460. The summed E-state index contributed by atoms with van der Waals surface area (Å²) in [4.78, 5) is 2.59. The molecule has 0 saturated heterocycles. The highest BCUT2D eigenvalue weighted by molar-refractivity contribution is 5.06. The van der Waals surface area contributed by atoms with E-state index in [9.17, 15) is 0 Å². The van der Waals surface area contributed by atoms with Crippen LogP contribution in [0.2, 0.25) is 0 Å². The zero-order valence-corrected chi connectivity index (χ0v) is 12.0. The summed E-state index contributed by atoms with van der Waals surface area (Å²) in [6.07, 6.45) is 16.3. The maximum absolute atomic E-state index is 2.59. The Kier molecular flexibility index (Phi) is 8.21. The summed E-state index contributed by atoms with van der Waals surface area (Å²) in [5, 5.41) is 0. The molecule has 1 heteroatoms. The third-order valence-electron chi connectivity index (χ3n) is 3.83. The van der Waals surface area contributed by atoms with Gasteiger partial charge in [0, 0.05) is 18.8 Å². The average molecular weight is 237 g/mol. The van der Waals surface area contributed by atoms with Crippen molar-refractivity contribution >= 4 is 0 Å². The van der Waals surface area contributed by atoms with Crippen LogP contribution in [0.5, 0.6) is 0 Å². The number of rotatable bonds is 10. The Morgan fingerprint density at radius 2 is 1.59 bits per heavy atom. The van der Waals surface area contributed by atoms with Crippen LogP contribution in [0.4, 0.5) is 0 Å². The molecule has 100 valence electrons. The van der Waals surface area contributed by atoms with E-state index in [1.807, 2.05) is 0 Å². The zero-order chi connectivity index (χ0) is 12.3. The molecule has 0 aromatic heterocycles. The second-order valence-corrected chi connectivity index (χ2v) is 5.30. The monoisotopic (exact) mass is 237 g/mol. The second kappa shape index (κ2) is 9.56. The fourth-order valence-corrected chi connectivity index (χ4v) is 2.72. The Labute approximate surface area is 108 Å². The van der Waals surface area contributed by atoms with Crippen LogP contribution in [0, 0.1) is 0 Å². The van der Waals surface area contributed by atoms with E-state index >= 15 is 0 Å². The largest absolute Gasteiger partial charge is 0.375 e. The van der Waals surface area contributed by atoms with Gasteiger partial charge in [0.25, 0.3) is 0 Å². The lowest BCUT2D eigenvalue weighted by Gasteiger charge is -2.21. The van der Waals surface area contributed by atoms with Crippen LogP contribution in [-0.2, 0) is 0 Å². The van der Waals surface area contributed by atoms with E-state index in [0.717, 1.165) is 0 Å². The van der Waals surface area contributed by atoms with Crippen LogP contribution >= 0.6 is 0 Å². The highest BCUT2D eigenvalue weighted by Gasteiger charge is 2.11. The predicted octanol–water partition coefficient (Wildman–Crippen LogP) is 5.13. The summed E-state index contributed by atoms with van der Waals surface area (Å²) in [5.41, 5.74) is 1.59. The minimum atomic E-state index is 1.22. The van der Waals surface area contributed by atoms with Crippen molar-refractivity contribution in [3.63, 3.8) is 0 Å². The van der Waals surface area contributed by atoms with Crippen LogP contribution in [0.1, 0.15) is 78.1 Å². The van der Waals surface area contributed by atoms with Crippen LogP contribution in [-0.4, -0.2) is 18.0 Å². The molecule has 0 spiro atoms. The molecule has 0 fully saturated rings. The van der Waals surface area contributed by atoms with Gasteiger partial charge in [0.1, 0.15) is 0 Å². The molecular formula is C16H31N. The van der Waals surface area contributed by atoms with Gasteiger partial charge in [-0.2, -0.15) is 0 Å². The van der Waals surface area contributed by atoms with Crippen molar-refractivity contribution in [1.82, 2.24) is 4.90 Å². The van der Waals surface area contributed by atoms with Gasteiger partial charge < -0.3 is 4.90 Å². The normalized spacial score (nSPS) is 15.4. The van der Waals surface area contributed by atoms with Gasteiger partial charge in [0.15, 0.2) is 0 Å². The fourth-order valence-electron chi connectivity index (χ4n) is 2.72. The SMILES string of the molecule is CCCCCCCCCCN1CCC=C1CC. The van der Waals surface area contributed by atoms with Gasteiger partial charge in [-0.15, -0.1) is 0 Å². The van der Waals surface area contributed by atoms with Gasteiger partial charge >= 0.3 is 0 Å². The van der Waals surface area contributed by atoms with E-state index in [-0.39, 0.29) is 0 Å². The van der Waals surface area contributed by atoms with E-state index in [0.29, 0.717) is 0 Å². The minimum absolute atomic E-state index is 1.22. The maximum Gasteiger partial charge on any atom is 0.0210 e. The fraction of sp³-hybridized carbons (Fsp3) is 0.875. The molecular weight excluding hydrogens is 206 g/mol. The smallest absolute Gasteiger partial charge is 0.0210 e. The lowest BCUT2D eigenvalue weighted by atomic mass is 10.1. The highest BCUT2D eigenvalue weighted by atomic mass is 15.1. The van der Waals surface area contributed by atoms with E-state index in [2.05, 4.69) is 24.8 Å². The quantitative estimate of drug-likeness (QED) is 0.476. The first-order chi connectivity index (χ1) is 8.38. The van der Waals surface area contributed by atoms with E-state index in [1.54, 1.807) is 5.70 Å². The van der Waals surface area contributed by atoms with Crippen molar-refractivity contribution in [2.24, 2.45) is 0 Å². The Balaban J connectivity index is 1.89. The van der Waals surface area contributed by atoms with Crippen molar-refractivity contribution in [1.29, 1.82) is 0 Å². The molecule has 0 radical (unpaired) electrons. The summed E-state index contributed by atoms with van der Waals surface area (Å²) >= 11 is 0. The zero-order valence-electron chi connectivity index (χ0n) is 12.0.